The van der Waals surface area contributed by atoms with E-state index < -0.39 is 29.0 Å². The number of carbonyl (C=O) groups excluding carboxylic acids is 2. The fourth-order valence-electron chi connectivity index (χ4n) is 1.51. The lowest BCUT2D eigenvalue weighted by Crippen LogP contribution is -2.39. The Morgan fingerprint density at radius 3 is 2.70 bits per heavy atom. The molecule has 1 rings (SSSR count). The third-order valence-corrected chi connectivity index (χ3v) is 2.54. The molecule has 0 atom stereocenters. The molecule has 0 unspecified atom stereocenters. The number of rotatable bonds is 6. The van der Waals surface area contributed by atoms with Gasteiger partial charge in [-0.1, -0.05) is 6.07 Å². The number of halogens is 2. The van der Waals surface area contributed by atoms with Crippen LogP contribution in [0.3, 0.4) is 0 Å². The Bertz CT molecular complexity index is 495. The minimum atomic E-state index is -1.22. The van der Waals surface area contributed by atoms with Gasteiger partial charge in [-0.2, -0.15) is 0 Å². The first-order valence-corrected chi connectivity index (χ1v) is 5.92. The Morgan fingerprint density at radius 1 is 1.35 bits per heavy atom. The van der Waals surface area contributed by atoms with E-state index in [2.05, 4.69) is 5.32 Å². The number of amides is 2. The van der Waals surface area contributed by atoms with Crippen LogP contribution >= 0.6 is 0 Å². The Morgan fingerprint density at radius 2 is 2.05 bits per heavy atom. The van der Waals surface area contributed by atoms with Crippen LogP contribution in [0.25, 0.3) is 0 Å². The van der Waals surface area contributed by atoms with E-state index in [1.54, 1.807) is 0 Å². The lowest BCUT2D eigenvalue weighted by Gasteiger charge is -2.17. The van der Waals surface area contributed by atoms with Gasteiger partial charge in [0.05, 0.1) is 18.7 Å². The van der Waals surface area contributed by atoms with E-state index in [0.29, 0.717) is 13.2 Å². The Balaban J connectivity index is 2.63. The molecule has 0 radical (unpaired) electrons. The van der Waals surface area contributed by atoms with E-state index in [-0.39, 0.29) is 6.54 Å². The van der Waals surface area contributed by atoms with Crippen molar-refractivity contribution in [1.82, 2.24) is 10.2 Å². The molecule has 5 nitrogen and oxygen atoms in total. The number of methoxy groups -OCH3 is 1. The molecule has 1 aromatic carbocycles. The first kappa shape index (κ1) is 16.0. The predicted molar refractivity (Wildman–Crippen MR) is 68.2 cm³/mol. The van der Waals surface area contributed by atoms with Gasteiger partial charge in [-0.05, 0) is 12.1 Å². The normalized spacial score (nSPS) is 10.2. The largest absolute Gasteiger partial charge is 0.383 e. The van der Waals surface area contributed by atoms with Gasteiger partial charge in [-0.3, -0.25) is 9.59 Å². The Kier molecular flexibility index (Phi) is 6.05. The topological polar surface area (TPSA) is 58.6 Å². The van der Waals surface area contributed by atoms with Gasteiger partial charge in [0.15, 0.2) is 11.6 Å². The molecule has 0 aliphatic rings. The summed E-state index contributed by atoms with van der Waals surface area (Å²) in [6.45, 7) is 0.409. The molecule has 0 bridgehead atoms. The van der Waals surface area contributed by atoms with Crippen molar-refractivity contribution < 1.29 is 23.1 Å². The van der Waals surface area contributed by atoms with Crippen molar-refractivity contribution in [3.63, 3.8) is 0 Å². The second kappa shape index (κ2) is 7.54. The molecule has 7 heteroatoms. The molecule has 0 aromatic heterocycles. The first-order chi connectivity index (χ1) is 9.47. The third-order valence-electron chi connectivity index (χ3n) is 2.54. The number of benzene rings is 1. The van der Waals surface area contributed by atoms with Crippen molar-refractivity contribution in [3.8, 4) is 0 Å². The standard InChI is InChI=1S/C13H16F2N2O3/c1-17(8-11(18)16-6-7-20-2)13(19)9-4-3-5-10(14)12(9)15/h3-5H,6-8H2,1-2H3,(H,16,18). The minimum absolute atomic E-state index is 0.251. The highest BCUT2D eigenvalue weighted by Crippen LogP contribution is 2.13. The summed E-state index contributed by atoms with van der Waals surface area (Å²) in [5.74, 6) is -3.49. The average Bonchev–Trinajstić information content (AvgIpc) is 2.41. The van der Waals surface area contributed by atoms with Crippen LogP contribution in [0.2, 0.25) is 0 Å². The Labute approximate surface area is 115 Å². The lowest BCUT2D eigenvalue weighted by molar-refractivity contribution is -0.121. The predicted octanol–water partition coefficient (Wildman–Crippen LogP) is 0.799. The van der Waals surface area contributed by atoms with Gasteiger partial charge in [0, 0.05) is 20.7 Å². The summed E-state index contributed by atoms with van der Waals surface area (Å²) in [5, 5.41) is 2.52. The molecule has 20 heavy (non-hydrogen) atoms. The van der Waals surface area contributed by atoms with Crippen LogP contribution in [0.5, 0.6) is 0 Å². The van der Waals surface area contributed by atoms with Gasteiger partial charge >= 0.3 is 0 Å². The zero-order valence-corrected chi connectivity index (χ0v) is 11.3. The second-order valence-electron chi connectivity index (χ2n) is 4.11. The number of likely N-dealkylation sites (N-methyl/N-ethyl adjacent to an activating group) is 1. The smallest absolute Gasteiger partial charge is 0.257 e. The number of ether oxygens (including phenoxy) is 1. The molecule has 110 valence electrons. The van der Waals surface area contributed by atoms with Crippen LogP contribution in [-0.4, -0.2) is 50.6 Å². The molecule has 1 aromatic rings. The van der Waals surface area contributed by atoms with Crippen molar-refractivity contribution in [2.45, 2.75) is 0 Å². The highest BCUT2D eigenvalue weighted by atomic mass is 19.2. The Hall–Kier alpha value is -2.02. The summed E-state index contributed by atoms with van der Waals surface area (Å²) >= 11 is 0. The van der Waals surface area contributed by atoms with Crippen molar-refractivity contribution in [2.75, 3.05) is 33.9 Å². The highest BCUT2D eigenvalue weighted by Gasteiger charge is 2.20. The summed E-state index contributed by atoms with van der Waals surface area (Å²) < 4.78 is 31.2. The molecule has 0 aliphatic carbocycles. The first-order valence-electron chi connectivity index (χ1n) is 5.92. The number of hydrogen-bond donors (Lipinski definition) is 1. The van der Waals surface area contributed by atoms with E-state index in [0.717, 1.165) is 11.0 Å². The van der Waals surface area contributed by atoms with E-state index in [1.165, 1.54) is 26.3 Å². The lowest BCUT2D eigenvalue weighted by atomic mass is 10.2. The summed E-state index contributed by atoms with van der Waals surface area (Å²) in [4.78, 5) is 24.4. The van der Waals surface area contributed by atoms with Crippen LogP contribution < -0.4 is 5.32 Å². The fraction of sp³-hybridized carbons (Fsp3) is 0.385. The van der Waals surface area contributed by atoms with Gasteiger partial charge in [0.2, 0.25) is 5.91 Å². The average molecular weight is 286 g/mol. The van der Waals surface area contributed by atoms with Crippen LogP contribution in [-0.2, 0) is 9.53 Å². The van der Waals surface area contributed by atoms with Gasteiger partial charge in [0.1, 0.15) is 0 Å². The summed E-state index contributed by atoms with van der Waals surface area (Å²) in [7, 11) is 2.83. The van der Waals surface area contributed by atoms with E-state index >= 15 is 0 Å². The van der Waals surface area contributed by atoms with Crippen molar-refractivity contribution >= 4 is 11.8 Å². The molecule has 2 amide bonds. The molecule has 1 N–H and O–H groups in total. The number of nitrogens with zero attached hydrogens (tertiary/aromatic N) is 1. The van der Waals surface area contributed by atoms with Crippen LogP contribution in [0.1, 0.15) is 10.4 Å². The van der Waals surface area contributed by atoms with Crippen molar-refractivity contribution in [1.29, 1.82) is 0 Å². The van der Waals surface area contributed by atoms with Crippen LogP contribution in [0.4, 0.5) is 8.78 Å². The van der Waals surface area contributed by atoms with Crippen molar-refractivity contribution in [3.05, 3.63) is 35.4 Å². The number of hydrogen-bond acceptors (Lipinski definition) is 3. The zero-order valence-electron chi connectivity index (χ0n) is 11.3. The zero-order chi connectivity index (χ0) is 15.1. The van der Waals surface area contributed by atoms with E-state index in [9.17, 15) is 18.4 Å². The molecular weight excluding hydrogens is 270 g/mol. The third kappa shape index (κ3) is 4.27. The molecule has 0 aliphatic heterocycles. The molecule has 0 saturated carbocycles. The molecule has 0 saturated heterocycles. The monoisotopic (exact) mass is 286 g/mol. The number of carbonyl (C=O) groups is 2. The molecule has 0 heterocycles. The van der Waals surface area contributed by atoms with Gasteiger partial charge < -0.3 is 15.0 Å². The molecule has 0 fully saturated rings. The molecular formula is C13H16F2N2O3. The summed E-state index contributed by atoms with van der Waals surface area (Å²) in [6.07, 6.45) is 0. The summed E-state index contributed by atoms with van der Waals surface area (Å²) in [5.41, 5.74) is -0.405. The SMILES string of the molecule is COCCNC(=O)CN(C)C(=O)c1cccc(F)c1F. The van der Waals surface area contributed by atoms with Gasteiger partial charge in [-0.15, -0.1) is 0 Å². The maximum atomic E-state index is 13.5. The van der Waals surface area contributed by atoms with Crippen LogP contribution in [0, 0.1) is 11.6 Å². The fourth-order valence-corrected chi connectivity index (χ4v) is 1.51. The summed E-state index contributed by atoms with van der Waals surface area (Å²) in [6, 6.07) is 3.32. The van der Waals surface area contributed by atoms with E-state index in [1.807, 2.05) is 0 Å². The van der Waals surface area contributed by atoms with Crippen LogP contribution in [0.15, 0.2) is 18.2 Å². The maximum Gasteiger partial charge on any atom is 0.257 e. The number of nitrogens with one attached hydrogen (secondary N) is 1. The van der Waals surface area contributed by atoms with Gasteiger partial charge in [-0.25, -0.2) is 8.78 Å². The molecule has 0 spiro atoms. The highest BCUT2D eigenvalue weighted by molar-refractivity contribution is 5.96. The van der Waals surface area contributed by atoms with Crippen molar-refractivity contribution in [2.24, 2.45) is 0 Å². The maximum absolute atomic E-state index is 13.5. The quantitative estimate of drug-likeness (QED) is 0.787. The minimum Gasteiger partial charge on any atom is -0.383 e. The second-order valence-corrected chi connectivity index (χ2v) is 4.11. The van der Waals surface area contributed by atoms with Gasteiger partial charge in [0.25, 0.3) is 5.91 Å². The van der Waals surface area contributed by atoms with E-state index in [4.69, 9.17) is 4.74 Å².